The molecule has 0 aliphatic carbocycles. The van der Waals surface area contributed by atoms with Gasteiger partial charge < -0.3 is 15.9 Å². The number of hydrogen-bond acceptors (Lipinski definition) is 5. The van der Waals surface area contributed by atoms with Crippen LogP contribution in [0.5, 0.6) is 0 Å². The number of aliphatic hydroxyl groups excluding tert-OH is 2. The van der Waals surface area contributed by atoms with E-state index in [0.717, 1.165) is 5.69 Å². The van der Waals surface area contributed by atoms with E-state index in [9.17, 15) is 10.2 Å². The predicted molar refractivity (Wildman–Crippen MR) is 46.8 cm³/mol. The number of rotatable bonds is 3. The molecule has 0 fully saturated rings. The van der Waals surface area contributed by atoms with Gasteiger partial charge in [-0.3, -0.25) is 0 Å². The fourth-order valence-electron chi connectivity index (χ4n) is 0.912. The van der Waals surface area contributed by atoms with Gasteiger partial charge in [-0.2, -0.15) is 0 Å². The normalized spacial score (nSPS) is 15.4. The summed E-state index contributed by atoms with van der Waals surface area (Å²) in [6, 6.07) is 1.71. The van der Waals surface area contributed by atoms with Crippen LogP contribution in [0.15, 0.2) is 12.3 Å². The molecule has 5 heteroatoms. The first-order chi connectivity index (χ1) is 6.15. The summed E-state index contributed by atoms with van der Waals surface area (Å²) in [7, 11) is 0. The summed E-state index contributed by atoms with van der Waals surface area (Å²) < 4.78 is 0. The molecule has 0 aromatic carbocycles. The van der Waals surface area contributed by atoms with Crippen LogP contribution in [0.25, 0.3) is 0 Å². The molecule has 1 aromatic heterocycles. The summed E-state index contributed by atoms with van der Waals surface area (Å²) in [5.74, 6) is 0.206. The van der Waals surface area contributed by atoms with Gasteiger partial charge in [-0.1, -0.05) is 0 Å². The largest absolute Gasteiger partial charge is 0.389 e. The Morgan fingerprint density at radius 3 is 2.77 bits per heavy atom. The predicted octanol–water partition coefficient (Wildman–Crippen LogP) is -0.862. The van der Waals surface area contributed by atoms with Gasteiger partial charge in [0.1, 0.15) is 6.10 Å². The van der Waals surface area contributed by atoms with Crippen LogP contribution in [-0.4, -0.2) is 32.8 Å². The lowest BCUT2D eigenvalue weighted by Gasteiger charge is -2.14. The van der Waals surface area contributed by atoms with E-state index in [1.807, 2.05) is 0 Å². The number of aliphatic hydroxyl groups is 2. The van der Waals surface area contributed by atoms with Crippen LogP contribution >= 0.6 is 0 Å². The topological polar surface area (TPSA) is 92.3 Å². The molecule has 4 N–H and O–H groups in total. The van der Waals surface area contributed by atoms with Crippen molar-refractivity contribution in [3.05, 3.63) is 23.8 Å². The zero-order valence-electron chi connectivity index (χ0n) is 7.38. The summed E-state index contributed by atoms with van der Waals surface area (Å²) in [6.07, 6.45) is -0.587. The molecule has 0 aliphatic heterocycles. The first-order valence-corrected chi connectivity index (χ1v) is 4.01. The monoisotopic (exact) mass is 183 g/mol. The maximum absolute atomic E-state index is 9.46. The zero-order chi connectivity index (χ0) is 9.84. The number of nitrogens with zero attached hydrogens (tertiary/aromatic N) is 2. The van der Waals surface area contributed by atoms with Crippen molar-refractivity contribution >= 4 is 0 Å². The van der Waals surface area contributed by atoms with Crippen LogP contribution in [0.4, 0.5) is 0 Å². The highest BCUT2D eigenvalue weighted by Crippen LogP contribution is 2.11. The average Bonchev–Trinajstić information content (AvgIpc) is 2.15. The lowest BCUT2D eigenvalue weighted by molar-refractivity contribution is 0.0187. The summed E-state index contributed by atoms with van der Waals surface area (Å²) in [4.78, 5) is 7.80. The Kier molecular flexibility index (Phi) is 3.30. The second kappa shape index (κ2) is 4.27. The summed E-state index contributed by atoms with van der Waals surface area (Å²) in [6.45, 7) is 1.77. The second-order valence-electron chi connectivity index (χ2n) is 2.80. The van der Waals surface area contributed by atoms with Crippen LogP contribution in [0.2, 0.25) is 0 Å². The highest BCUT2D eigenvalue weighted by molar-refractivity contribution is 5.02. The molecule has 72 valence electrons. The van der Waals surface area contributed by atoms with Crippen molar-refractivity contribution in [2.24, 2.45) is 5.73 Å². The first kappa shape index (κ1) is 10.0. The summed E-state index contributed by atoms with van der Waals surface area (Å²) in [5.41, 5.74) is 5.93. The number of aromatic nitrogens is 2. The van der Waals surface area contributed by atoms with E-state index in [0.29, 0.717) is 0 Å². The molecule has 1 heterocycles. The molecule has 1 rings (SSSR count). The highest BCUT2D eigenvalue weighted by atomic mass is 16.3. The fourth-order valence-corrected chi connectivity index (χ4v) is 0.912. The highest BCUT2D eigenvalue weighted by Gasteiger charge is 2.19. The fraction of sp³-hybridized carbons (Fsp3) is 0.500. The molecule has 0 amide bonds. The minimum Gasteiger partial charge on any atom is -0.389 e. The van der Waals surface area contributed by atoms with Crippen LogP contribution in [-0.2, 0) is 0 Å². The van der Waals surface area contributed by atoms with E-state index in [1.165, 1.54) is 6.20 Å². The lowest BCUT2D eigenvalue weighted by Crippen LogP contribution is -2.28. The molecule has 1 aromatic rings. The third kappa shape index (κ3) is 2.45. The Labute approximate surface area is 76.3 Å². The molecular formula is C8H13N3O2. The van der Waals surface area contributed by atoms with Gasteiger partial charge in [0, 0.05) is 18.4 Å². The molecular weight excluding hydrogens is 170 g/mol. The molecule has 2 unspecified atom stereocenters. The Bertz CT molecular complexity index is 280. The van der Waals surface area contributed by atoms with Crippen LogP contribution < -0.4 is 5.73 Å². The van der Waals surface area contributed by atoms with E-state index in [2.05, 4.69) is 9.97 Å². The quantitative estimate of drug-likeness (QED) is 0.567. The Balaban J connectivity index is 2.82. The van der Waals surface area contributed by atoms with Crippen LogP contribution in [0, 0.1) is 6.92 Å². The first-order valence-electron chi connectivity index (χ1n) is 4.01. The van der Waals surface area contributed by atoms with Gasteiger partial charge in [0.2, 0.25) is 0 Å². The minimum absolute atomic E-state index is 0.0154. The van der Waals surface area contributed by atoms with Gasteiger partial charge in [0.05, 0.1) is 6.10 Å². The van der Waals surface area contributed by atoms with Crippen molar-refractivity contribution in [1.82, 2.24) is 9.97 Å². The second-order valence-corrected chi connectivity index (χ2v) is 2.80. The van der Waals surface area contributed by atoms with E-state index in [1.54, 1.807) is 13.0 Å². The molecule has 0 bridgehead atoms. The van der Waals surface area contributed by atoms with Gasteiger partial charge >= 0.3 is 0 Å². The average molecular weight is 183 g/mol. The van der Waals surface area contributed by atoms with Gasteiger partial charge in [-0.05, 0) is 13.0 Å². The van der Waals surface area contributed by atoms with Crippen molar-refractivity contribution in [3.8, 4) is 0 Å². The molecule has 13 heavy (non-hydrogen) atoms. The van der Waals surface area contributed by atoms with Gasteiger partial charge in [0.15, 0.2) is 5.82 Å². The lowest BCUT2D eigenvalue weighted by atomic mass is 10.2. The van der Waals surface area contributed by atoms with Gasteiger partial charge in [0.25, 0.3) is 0 Å². The van der Waals surface area contributed by atoms with Crippen molar-refractivity contribution in [2.75, 3.05) is 6.54 Å². The molecule has 2 atom stereocenters. The summed E-state index contributed by atoms with van der Waals surface area (Å²) in [5, 5.41) is 18.7. The van der Waals surface area contributed by atoms with Crippen LogP contribution in [0.1, 0.15) is 17.6 Å². The van der Waals surface area contributed by atoms with Crippen molar-refractivity contribution < 1.29 is 10.2 Å². The third-order valence-corrected chi connectivity index (χ3v) is 1.68. The zero-order valence-corrected chi connectivity index (χ0v) is 7.38. The van der Waals surface area contributed by atoms with E-state index in [4.69, 9.17) is 5.73 Å². The Hall–Kier alpha value is -1.04. The smallest absolute Gasteiger partial charge is 0.159 e. The molecule has 5 nitrogen and oxygen atoms in total. The maximum atomic E-state index is 9.46. The number of nitrogens with two attached hydrogens (primary N) is 1. The van der Waals surface area contributed by atoms with E-state index < -0.39 is 12.2 Å². The SMILES string of the molecule is Cc1ccnc(C(O)C(O)CN)n1. The molecule has 0 aliphatic rings. The number of hydrogen-bond donors (Lipinski definition) is 3. The maximum Gasteiger partial charge on any atom is 0.159 e. The van der Waals surface area contributed by atoms with Gasteiger partial charge in [-0.15, -0.1) is 0 Å². The Morgan fingerprint density at radius 2 is 2.23 bits per heavy atom. The number of aryl methyl sites for hydroxylation is 1. The van der Waals surface area contributed by atoms with Crippen molar-refractivity contribution in [3.63, 3.8) is 0 Å². The van der Waals surface area contributed by atoms with Crippen molar-refractivity contribution in [1.29, 1.82) is 0 Å². The third-order valence-electron chi connectivity index (χ3n) is 1.68. The molecule has 0 saturated heterocycles. The van der Waals surface area contributed by atoms with Crippen molar-refractivity contribution in [2.45, 2.75) is 19.1 Å². The molecule has 0 saturated carbocycles. The van der Waals surface area contributed by atoms with Gasteiger partial charge in [-0.25, -0.2) is 9.97 Å². The molecule has 0 radical (unpaired) electrons. The summed E-state index contributed by atoms with van der Waals surface area (Å²) >= 11 is 0. The van der Waals surface area contributed by atoms with E-state index in [-0.39, 0.29) is 12.4 Å². The molecule has 0 spiro atoms. The van der Waals surface area contributed by atoms with Crippen LogP contribution in [0.3, 0.4) is 0 Å². The minimum atomic E-state index is -1.11. The van der Waals surface area contributed by atoms with E-state index >= 15 is 0 Å². The standard InChI is InChI=1S/C8H13N3O2/c1-5-2-3-10-8(11-5)7(13)6(12)4-9/h2-3,6-7,12-13H,4,9H2,1H3. The Morgan fingerprint density at radius 1 is 1.54 bits per heavy atom.